The molecule has 0 aromatic heterocycles. The summed E-state index contributed by atoms with van der Waals surface area (Å²) in [7, 11) is 2.99. The van der Waals surface area contributed by atoms with Crippen LogP contribution in [-0.2, 0) is 4.79 Å². The zero-order valence-electron chi connectivity index (χ0n) is 11.5. The van der Waals surface area contributed by atoms with Crippen molar-refractivity contribution in [2.45, 2.75) is 25.2 Å². The van der Waals surface area contributed by atoms with Crippen LogP contribution in [-0.4, -0.2) is 25.3 Å². The summed E-state index contributed by atoms with van der Waals surface area (Å²) >= 11 is 0. The molecule has 1 N–H and O–H groups in total. The van der Waals surface area contributed by atoms with Crippen LogP contribution in [0.1, 0.15) is 36.3 Å². The molecule has 5 heteroatoms. The number of aliphatic carboxylic acids is 1. The highest BCUT2D eigenvalue weighted by atomic mass is 16.5. The molecule has 1 aromatic carbocycles. The number of carbonyl (C=O) groups is 1. The third-order valence-electron chi connectivity index (χ3n) is 3.64. The van der Waals surface area contributed by atoms with E-state index in [0.717, 1.165) is 18.4 Å². The lowest BCUT2D eigenvalue weighted by Gasteiger charge is -2.18. The molecule has 1 saturated carbocycles. The molecule has 106 valence electrons. The molecule has 1 fully saturated rings. The number of rotatable bonds is 6. The van der Waals surface area contributed by atoms with Gasteiger partial charge in [0.25, 0.3) is 0 Å². The lowest BCUT2D eigenvalue weighted by atomic mass is 9.89. The predicted octanol–water partition coefficient (Wildman–Crippen LogP) is 2.54. The Morgan fingerprint density at radius 2 is 2.15 bits per heavy atom. The number of nitrogens with zero attached hydrogens (tertiary/aromatic N) is 1. The Bertz CT molecular complexity index is 558. The van der Waals surface area contributed by atoms with E-state index in [4.69, 9.17) is 14.6 Å². The summed E-state index contributed by atoms with van der Waals surface area (Å²) in [5.74, 6) is 0.353. The van der Waals surface area contributed by atoms with E-state index >= 15 is 0 Å². The molecule has 0 heterocycles. The number of benzene rings is 1. The highest BCUT2D eigenvalue weighted by molar-refractivity contribution is 5.68. The highest BCUT2D eigenvalue weighted by Crippen LogP contribution is 2.46. The van der Waals surface area contributed by atoms with Crippen LogP contribution in [0, 0.1) is 17.2 Å². The van der Waals surface area contributed by atoms with E-state index in [0.29, 0.717) is 23.0 Å². The standard InChI is InChI=1S/C15H17NO4/c1-19-13-6-10(5-11(8-16)15(13)20-2)12(7-14(17)18)9-3-4-9/h5-6,9,12H,3-4,7H2,1-2H3,(H,17,18). The van der Waals surface area contributed by atoms with Gasteiger partial charge in [-0.3, -0.25) is 4.79 Å². The molecule has 0 radical (unpaired) electrons. The van der Waals surface area contributed by atoms with Gasteiger partial charge in [-0.1, -0.05) is 0 Å². The summed E-state index contributed by atoms with van der Waals surface area (Å²) in [6, 6.07) is 5.58. The molecule has 1 aliphatic carbocycles. The van der Waals surface area contributed by atoms with Crippen LogP contribution in [0.2, 0.25) is 0 Å². The van der Waals surface area contributed by atoms with Crippen LogP contribution >= 0.6 is 0 Å². The summed E-state index contributed by atoms with van der Waals surface area (Å²) in [6.45, 7) is 0. The lowest BCUT2D eigenvalue weighted by Crippen LogP contribution is -2.09. The van der Waals surface area contributed by atoms with Gasteiger partial charge in [0.05, 0.1) is 26.2 Å². The van der Waals surface area contributed by atoms with E-state index in [1.807, 2.05) is 0 Å². The summed E-state index contributed by atoms with van der Waals surface area (Å²) in [4.78, 5) is 11.0. The molecule has 1 atom stereocenters. The average molecular weight is 275 g/mol. The van der Waals surface area contributed by atoms with Crippen LogP contribution < -0.4 is 9.47 Å². The van der Waals surface area contributed by atoms with Gasteiger partial charge in [0, 0.05) is 0 Å². The van der Waals surface area contributed by atoms with Gasteiger partial charge < -0.3 is 14.6 Å². The van der Waals surface area contributed by atoms with Gasteiger partial charge in [-0.15, -0.1) is 0 Å². The topological polar surface area (TPSA) is 79.5 Å². The van der Waals surface area contributed by atoms with Crippen molar-refractivity contribution in [1.82, 2.24) is 0 Å². The van der Waals surface area contributed by atoms with Gasteiger partial charge in [0.2, 0.25) is 0 Å². The van der Waals surface area contributed by atoms with Crippen LogP contribution in [0.3, 0.4) is 0 Å². The molecule has 2 rings (SSSR count). The quantitative estimate of drug-likeness (QED) is 0.863. The number of methoxy groups -OCH3 is 2. The number of hydrogen-bond acceptors (Lipinski definition) is 4. The largest absolute Gasteiger partial charge is 0.493 e. The predicted molar refractivity (Wildman–Crippen MR) is 72.0 cm³/mol. The first-order valence-corrected chi connectivity index (χ1v) is 6.48. The minimum atomic E-state index is -0.824. The minimum Gasteiger partial charge on any atom is -0.493 e. The van der Waals surface area contributed by atoms with Crippen molar-refractivity contribution in [3.63, 3.8) is 0 Å². The maximum absolute atomic E-state index is 11.0. The Morgan fingerprint density at radius 1 is 1.45 bits per heavy atom. The van der Waals surface area contributed by atoms with E-state index in [1.54, 1.807) is 12.1 Å². The third kappa shape index (κ3) is 2.85. The Morgan fingerprint density at radius 3 is 2.60 bits per heavy atom. The highest BCUT2D eigenvalue weighted by Gasteiger charge is 2.34. The molecule has 1 aromatic rings. The summed E-state index contributed by atoms with van der Waals surface area (Å²) in [5.41, 5.74) is 1.21. The first-order valence-electron chi connectivity index (χ1n) is 6.48. The molecular weight excluding hydrogens is 258 g/mol. The summed E-state index contributed by atoms with van der Waals surface area (Å²) < 4.78 is 10.4. The van der Waals surface area contributed by atoms with Crippen LogP contribution in [0.15, 0.2) is 12.1 Å². The molecule has 0 saturated heterocycles. The van der Waals surface area contributed by atoms with E-state index in [9.17, 15) is 10.1 Å². The number of hydrogen-bond donors (Lipinski definition) is 1. The molecule has 1 aliphatic rings. The van der Waals surface area contributed by atoms with Crippen molar-refractivity contribution in [3.05, 3.63) is 23.3 Å². The Hall–Kier alpha value is -2.22. The van der Waals surface area contributed by atoms with Crippen LogP contribution in [0.4, 0.5) is 0 Å². The fraction of sp³-hybridized carbons (Fsp3) is 0.467. The molecule has 1 unspecified atom stereocenters. The van der Waals surface area contributed by atoms with Crippen LogP contribution in [0.5, 0.6) is 11.5 Å². The molecule has 0 bridgehead atoms. The molecule has 0 amide bonds. The Labute approximate surface area is 117 Å². The molecule has 20 heavy (non-hydrogen) atoms. The van der Waals surface area contributed by atoms with Crippen molar-refractivity contribution in [3.8, 4) is 17.6 Å². The molecule has 0 aliphatic heterocycles. The third-order valence-corrected chi connectivity index (χ3v) is 3.64. The van der Waals surface area contributed by atoms with Gasteiger partial charge in [-0.25, -0.2) is 0 Å². The second-order valence-electron chi connectivity index (χ2n) is 4.96. The van der Waals surface area contributed by atoms with E-state index < -0.39 is 5.97 Å². The van der Waals surface area contributed by atoms with Gasteiger partial charge >= 0.3 is 5.97 Å². The van der Waals surface area contributed by atoms with E-state index in [1.165, 1.54) is 14.2 Å². The van der Waals surface area contributed by atoms with Crippen molar-refractivity contribution in [1.29, 1.82) is 5.26 Å². The molecular formula is C15H17NO4. The first-order chi connectivity index (χ1) is 9.60. The molecule has 0 spiro atoms. The monoisotopic (exact) mass is 275 g/mol. The normalized spacial score (nSPS) is 15.2. The maximum Gasteiger partial charge on any atom is 0.303 e. The van der Waals surface area contributed by atoms with Crippen molar-refractivity contribution in [2.24, 2.45) is 5.92 Å². The SMILES string of the molecule is COc1cc(C(CC(=O)O)C2CC2)cc(C#N)c1OC. The number of carboxylic acids is 1. The lowest BCUT2D eigenvalue weighted by molar-refractivity contribution is -0.137. The van der Waals surface area contributed by atoms with Crippen molar-refractivity contribution < 1.29 is 19.4 Å². The minimum absolute atomic E-state index is 0.0700. The van der Waals surface area contributed by atoms with Crippen LogP contribution in [0.25, 0.3) is 0 Å². The number of carboxylic acid groups (broad SMARTS) is 1. The van der Waals surface area contributed by atoms with E-state index in [2.05, 4.69) is 6.07 Å². The second-order valence-corrected chi connectivity index (χ2v) is 4.96. The molecule has 5 nitrogen and oxygen atoms in total. The van der Waals surface area contributed by atoms with Gasteiger partial charge in [-0.05, 0) is 42.4 Å². The zero-order valence-corrected chi connectivity index (χ0v) is 11.5. The first kappa shape index (κ1) is 14.2. The number of nitriles is 1. The average Bonchev–Trinajstić information content (AvgIpc) is 3.27. The maximum atomic E-state index is 11.0. The Balaban J connectivity index is 2.44. The Kier molecular flexibility index (Phi) is 4.14. The zero-order chi connectivity index (χ0) is 14.7. The second kappa shape index (κ2) is 5.83. The number of ether oxygens (including phenoxy) is 2. The van der Waals surface area contributed by atoms with Crippen molar-refractivity contribution >= 4 is 5.97 Å². The fourth-order valence-corrected chi connectivity index (χ4v) is 2.53. The van der Waals surface area contributed by atoms with E-state index in [-0.39, 0.29) is 12.3 Å². The van der Waals surface area contributed by atoms with Crippen molar-refractivity contribution in [2.75, 3.05) is 14.2 Å². The fourth-order valence-electron chi connectivity index (χ4n) is 2.53. The summed E-state index contributed by atoms with van der Waals surface area (Å²) in [5, 5.41) is 18.3. The summed E-state index contributed by atoms with van der Waals surface area (Å²) in [6.07, 6.45) is 2.15. The van der Waals surface area contributed by atoms with Gasteiger partial charge in [-0.2, -0.15) is 5.26 Å². The van der Waals surface area contributed by atoms with Gasteiger partial charge in [0.1, 0.15) is 6.07 Å². The van der Waals surface area contributed by atoms with Gasteiger partial charge in [0.15, 0.2) is 11.5 Å². The smallest absolute Gasteiger partial charge is 0.303 e.